The molecule has 2 rings (SSSR count). The van der Waals surface area contributed by atoms with Crippen LogP contribution in [-0.4, -0.2) is 38.2 Å². The van der Waals surface area contributed by atoms with Crippen LogP contribution in [0.15, 0.2) is 24.3 Å². The first-order valence-corrected chi connectivity index (χ1v) is 6.19. The van der Waals surface area contributed by atoms with Gasteiger partial charge in [0.15, 0.2) is 0 Å². The molecule has 0 radical (unpaired) electrons. The molecule has 4 heteroatoms. The Morgan fingerprint density at radius 2 is 2.28 bits per heavy atom. The van der Waals surface area contributed by atoms with Gasteiger partial charge in [0.1, 0.15) is 5.75 Å². The molecule has 0 amide bonds. The van der Waals surface area contributed by atoms with Gasteiger partial charge in [-0.1, -0.05) is 12.1 Å². The summed E-state index contributed by atoms with van der Waals surface area (Å²) in [5.41, 5.74) is 1.20. The molecule has 1 aliphatic rings. The zero-order chi connectivity index (χ0) is 13.0. The molecule has 1 unspecified atom stereocenters. The summed E-state index contributed by atoms with van der Waals surface area (Å²) in [5, 5.41) is 0. The van der Waals surface area contributed by atoms with E-state index in [9.17, 15) is 4.79 Å². The normalized spacial score (nSPS) is 19.8. The van der Waals surface area contributed by atoms with Crippen LogP contribution in [0.5, 0.6) is 5.75 Å². The number of hydrogen-bond acceptors (Lipinski definition) is 4. The van der Waals surface area contributed by atoms with Crippen LogP contribution >= 0.6 is 0 Å². The van der Waals surface area contributed by atoms with Gasteiger partial charge in [0.2, 0.25) is 0 Å². The smallest absolute Gasteiger partial charge is 0.319 e. The third-order valence-electron chi connectivity index (χ3n) is 3.40. The van der Waals surface area contributed by atoms with Gasteiger partial charge in [-0.3, -0.25) is 9.69 Å². The Morgan fingerprint density at radius 1 is 1.44 bits per heavy atom. The average Bonchev–Trinajstić information content (AvgIpc) is 2.86. The zero-order valence-electron chi connectivity index (χ0n) is 10.9. The van der Waals surface area contributed by atoms with Crippen LogP contribution in [-0.2, 0) is 9.53 Å². The predicted molar refractivity (Wildman–Crippen MR) is 68.6 cm³/mol. The van der Waals surface area contributed by atoms with Crippen LogP contribution in [0.1, 0.15) is 24.4 Å². The minimum atomic E-state index is -0.176. The van der Waals surface area contributed by atoms with E-state index in [4.69, 9.17) is 9.47 Å². The largest absolute Gasteiger partial charge is 0.497 e. The molecule has 0 spiro atoms. The van der Waals surface area contributed by atoms with Crippen molar-refractivity contribution < 1.29 is 14.3 Å². The van der Waals surface area contributed by atoms with E-state index in [-0.39, 0.29) is 5.97 Å². The molecule has 0 saturated carbocycles. The quantitative estimate of drug-likeness (QED) is 0.765. The van der Waals surface area contributed by atoms with Gasteiger partial charge in [-0.15, -0.1) is 0 Å². The van der Waals surface area contributed by atoms with Crippen LogP contribution < -0.4 is 4.74 Å². The summed E-state index contributed by atoms with van der Waals surface area (Å²) < 4.78 is 9.98. The maximum Gasteiger partial charge on any atom is 0.319 e. The van der Waals surface area contributed by atoms with Crippen LogP contribution in [0.3, 0.4) is 0 Å². The van der Waals surface area contributed by atoms with Crippen LogP contribution in [0.2, 0.25) is 0 Å². The first kappa shape index (κ1) is 12.9. The first-order valence-electron chi connectivity index (χ1n) is 6.19. The van der Waals surface area contributed by atoms with Gasteiger partial charge < -0.3 is 9.47 Å². The second kappa shape index (κ2) is 5.87. The fourth-order valence-electron chi connectivity index (χ4n) is 2.47. The number of ether oxygens (including phenoxy) is 2. The lowest BCUT2D eigenvalue weighted by Crippen LogP contribution is -2.30. The maximum atomic E-state index is 11.4. The Morgan fingerprint density at radius 3 is 3.00 bits per heavy atom. The van der Waals surface area contributed by atoms with E-state index in [1.54, 1.807) is 7.11 Å². The summed E-state index contributed by atoms with van der Waals surface area (Å²) in [7, 11) is 3.10. The molecule has 1 fully saturated rings. The van der Waals surface area contributed by atoms with Gasteiger partial charge in [0.25, 0.3) is 0 Å². The summed E-state index contributed by atoms with van der Waals surface area (Å²) in [6.45, 7) is 1.30. The van der Waals surface area contributed by atoms with Gasteiger partial charge in [-0.25, -0.2) is 0 Å². The number of carbonyl (C=O) groups is 1. The van der Waals surface area contributed by atoms with Crippen molar-refractivity contribution in [2.24, 2.45) is 0 Å². The van der Waals surface area contributed by atoms with E-state index in [0.29, 0.717) is 12.6 Å². The molecule has 1 aromatic rings. The molecule has 18 heavy (non-hydrogen) atoms. The number of esters is 1. The Hall–Kier alpha value is -1.55. The highest BCUT2D eigenvalue weighted by Gasteiger charge is 2.27. The lowest BCUT2D eigenvalue weighted by molar-refractivity contribution is -0.142. The lowest BCUT2D eigenvalue weighted by atomic mass is 10.0. The van der Waals surface area contributed by atoms with Crippen LogP contribution in [0.25, 0.3) is 0 Å². The number of likely N-dealkylation sites (tertiary alicyclic amines) is 1. The van der Waals surface area contributed by atoms with E-state index < -0.39 is 0 Å². The topological polar surface area (TPSA) is 38.8 Å². The Bertz CT molecular complexity index is 419. The number of methoxy groups -OCH3 is 2. The predicted octanol–water partition coefficient (Wildman–Crippen LogP) is 2.01. The third-order valence-corrected chi connectivity index (χ3v) is 3.40. The summed E-state index contributed by atoms with van der Waals surface area (Å²) >= 11 is 0. The highest BCUT2D eigenvalue weighted by Crippen LogP contribution is 2.33. The van der Waals surface area contributed by atoms with E-state index in [0.717, 1.165) is 25.1 Å². The fourth-order valence-corrected chi connectivity index (χ4v) is 2.47. The van der Waals surface area contributed by atoms with E-state index >= 15 is 0 Å². The Kier molecular flexibility index (Phi) is 4.20. The first-order chi connectivity index (χ1) is 8.74. The third kappa shape index (κ3) is 2.82. The lowest BCUT2D eigenvalue weighted by Gasteiger charge is -2.23. The van der Waals surface area contributed by atoms with E-state index in [1.165, 1.54) is 12.7 Å². The summed E-state index contributed by atoms with van der Waals surface area (Å²) in [6, 6.07) is 8.34. The van der Waals surface area contributed by atoms with Crippen molar-refractivity contribution in [2.45, 2.75) is 18.9 Å². The van der Waals surface area contributed by atoms with Gasteiger partial charge in [-0.05, 0) is 37.1 Å². The molecule has 1 aromatic carbocycles. The fraction of sp³-hybridized carbons (Fsp3) is 0.500. The highest BCUT2D eigenvalue weighted by atomic mass is 16.5. The number of benzene rings is 1. The van der Waals surface area contributed by atoms with Crippen LogP contribution in [0, 0.1) is 0 Å². The standard InChI is InChI=1S/C14H19NO3/c1-17-12-6-3-5-11(9-12)13-7-4-8-15(13)10-14(16)18-2/h3,5-6,9,13H,4,7-8,10H2,1-2H3. The minimum Gasteiger partial charge on any atom is -0.497 e. The van der Waals surface area contributed by atoms with Crippen molar-refractivity contribution in [3.63, 3.8) is 0 Å². The van der Waals surface area contributed by atoms with Crippen molar-refractivity contribution in [1.82, 2.24) is 4.90 Å². The van der Waals surface area contributed by atoms with Crippen LogP contribution in [0.4, 0.5) is 0 Å². The summed E-state index contributed by atoms with van der Waals surface area (Å²) in [4.78, 5) is 13.5. The molecule has 1 saturated heterocycles. The number of hydrogen-bond donors (Lipinski definition) is 0. The minimum absolute atomic E-state index is 0.176. The Labute approximate surface area is 107 Å². The molecule has 1 heterocycles. The molecule has 4 nitrogen and oxygen atoms in total. The van der Waals surface area contributed by atoms with Crippen molar-refractivity contribution in [3.8, 4) is 5.75 Å². The molecule has 1 atom stereocenters. The molecular formula is C14H19NO3. The van der Waals surface area contributed by atoms with Gasteiger partial charge in [0, 0.05) is 6.04 Å². The molecule has 0 bridgehead atoms. The van der Waals surface area contributed by atoms with Crippen molar-refractivity contribution in [1.29, 1.82) is 0 Å². The van der Waals surface area contributed by atoms with E-state index in [1.807, 2.05) is 18.2 Å². The number of rotatable bonds is 4. The maximum absolute atomic E-state index is 11.4. The van der Waals surface area contributed by atoms with Crippen molar-refractivity contribution >= 4 is 5.97 Å². The van der Waals surface area contributed by atoms with Gasteiger partial charge in [0.05, 0.1) is 20.8 Å². The summed E-state index contributed by atoms with van der Waals surface area (Å²) in [5.74, 6) is 0.683. The Balaban J connectivity index is 2.12. The monoisotopic (exact) mass is 249 g/mol. The second-order valence-corrected chi connectivity index (χ2v) is 4.48. The summed E-state index contributed by atoms with van der Waals surface area (Å²) in [6.07, 6.45) is 2.18. The molecule has 0 N–H and O–H groups in total. The van der Waals surface area contributed by atoms with Gasteiger partial charge >= 0.3 is 5.97 Å². The second-order valence-electron chi connectivity index (χ2n) is 4.48. The highest BCUT2D eigenvalue weighted by molar-refractivity contribution is 5.71. The SMILES string of the molecule is COC(=O)CN1CCCC1c1cccc(OC)c1. The average molecular weight is 249 g/mol. The number of carbonyl (C=O) groups excluding carboxylic acids is 1. The molecule has 0 aliphatic carbocycles. The molecular weight excluding hydrogens is 230 g/mol. The molecule has 98 valence electrons. The van der Waals surface area contributed by atoms with E-state index in [2.05, 4.69) is 11.0 Å². The number of nitrogens with zero attached hydrogens (tertiary/aromatic N) is 1. The molecule has 0 aromatic heterocycles. The van der Waals surface area contributed by atoms with Crippen molar-refractivity contribution in [3.05, 3.63) is 29.8 Å². The zero-order valence-corrected chi connectivity index (χ0v) is 10.9. The van der Waals surface area contributed by atoms with Crippen molar-refractivity contribution in [2.75, 3.05) is 27.3 Å². The van der Waals surface area contributed by atoms with Gasteiger partial charge in [-0.2, -0.15) is 0 Å². The molecule has 1 aliphatic heterocycles.